The first kappa shape index (κ1) is 7.31. The van der Waals surface area contributed by atoms with Crippen LogP contribution in [0, 0.1) is 4.84 Å². The molecule has 0 aliphatic heterocycles. The lowest BCUT2D eigenvalue weighted by molar-refractivity contribution is 0.541. The highest BCUT2D eigenvalue weighted by molar-refractivity contribution is 7.71. The molecule has 0 aliphatic rings. The summed E-state index contributed by atoms with van der Waals surface area (Å²) in [5, 5.41) is 0. The molecule has 0 atom stereocenters. The Kier molecular flexibility index (Phi) is 1.80. The molecule has 1 heterocycles. The number of hydrogen-bond acceptors (Lipinski definition) is 2. The standard InChI is InChI=1S/C9H7NOS/c12-9-10-8(6-11-9)7-4-2-1-3-5-7/h1-6H,(H,10,12). The number of aromatic amines is 1. The molecule has 0 amide bonds. The Morgan fingerprint density at radius 3 is 2.50 bits per heavy atom. The third kappa shape index (κ3) is 1.31. The van der Waals surface area contributed by atoms with Crippen molar-refractivity contribution in [2.45, 2.75) is 0 Å². The quantitative estimate of drug-likeness (QED) is 0.678. The molecule has 2 nitrogen and oxygen atoms in total. The predicted molar refractivity (Wildman–Crippen MR) is 49.3 cm³/mol. The van der Waals surface area contributed by atoms with Gasteiger partial charge in [-0.25, -0.2) is 0 Å². The Balaban J connectivity index is 2.51. The molecule has 12 heavy (non-hydrogen) atoms. The third-order valence-corrected chi connectivity index (χ3v) is 1.80. The van der Waals surface area contributed by atoms with E-state index in [0.29, 0.717) is 4.84 Å². The molecule has 0 aliphatic carbocycles. The van der Waals surface area contributed by atoms with E-state index in [1.807, 2.05) is 30.3 Å². The summed E-state index contributed by atoms with van der Waals surface area (Å²) in [4.78, 5) is 3.35. The van der Waals surface area contributed by atoms with Crippen LogP contribution in [0.5, 0.6) is 0 Å². The van der Waals surface area contributed by atoms with Gasteiger partial charge in [-0.05, 0) is 12.2 Å². The minimum atomic E-state index is 0.411. The molecular formula is C9H7NOS. The highest BCUT2D eigenvalue weighted by Gasteiger charge is 1.97. The maximum Gasteiger partial charge on any atom is 0.266 e. The first-order chi connectivity index (χ1) is 5.86. The van der Waals surface area contributed by atoms with Gasteiger partial charge in [-0.3, -0.25) is 0 Å². The van der Waals surface area contributed by atoms with Gasteiger partial charge in [-0.1, -0.05) is 30.3 Å². The molecule has 1 aromatic carbocycles. The average Bonchev–Trinajstić information content (AvgIpc) is 2.54. The van der Waals surface area contributed by atoms with Crippen molar-refractivity contribution >= 4 is 12.2 Å². The normalized spacial score (nSPS) is 10.0. The summed E-state index contributed by atoms with van der Waals surface area (Å²) in [7, 11) is 0. The number of benzene rings is 1. The van der Waals surface area contributed by atoms with Crippen LogP contribution >= 0.6 is 12.2 Å². The van der Waals surface area contributed by atoms with Gasteiger partial charge in [0.1, 0.15) is 6.26 Å². The molecule has 3 heteroatoms. The smallest absolute Gasteiger partial charge is 0.266 e. The Labute approximate surface area is 74.9 Å². The van der Waals surface area contributed by atoms with Gasteiger partial charge in [0.2, 0.25) is 0 Å². The van der Waals surface area contributed by atoms with E-state index in [1.54, 1.807) is 6.26 Å². The van der Waals surface area contributed by atoms with E-state index in [9.17, 15) is 0 Å². The second-order valence-corrected chi connectivity index (χ2v) is 2.80. The third-order valence-electron chi connectivity index (χ3n) is 1.61. The van der Waals surface area contributed by atoms with Crippen LogP contribution in [0.25, 0.3) is 11.3 Å². The maximum atomic E-state index is 4.98. The van der Waals surface area contributed by atoms with Gasteiger partial charge in [0.15, 0.2) is 0 Å². The summed E-state index contributed by atoms with van der Waals surface area (Å²) >= 11 is 4.81. The van der Waals surface area contributed by atoms with Gasteiger partial charge >= 0.3 is 0 Å². The topological polar surface area (TPSA) is 28.9 Å². The molecule has 2 aromatic rings. The van der Waals surface area contributed by atoms with Crippen LogP contribution in [0.15, 0.2) is 41.0 Å². The van der Waals surface area contributed by atoms with E-state index < -0.39 is 0 Å². The highest BCUT2D eigenvalue weighted by Crippen LogP contribution is 2.15. The Hall–Kier alpha value is -1.35. The molecule has 0 radical (unpaired) electrons. The summed E-state index contributed by atoms with van der Waals surface area (Å²) in [6.07, 6.45) is 1.62. The Morgan fingerprint density at radius 1 is 1.17 bits per heavy atom. The van der Waals surface area contributed by atoms with Gasteiger partial charge in [0.05, 0.1) is 5.69 Å². The minimum absolute atomic E-state index is 0.411. The molecule has 0 saturated carbocycles. The van der Waals surface area contributed by atoms with Crippen LogP contribution in [0.1, 0.15) is 0 Å². The van der Waals surface area contributed by atoms with Crippen molar-refractivity contribution in [3.8, 4) is 11.3 Å². The van der Waals surface area contributed by atoms with Gasteiger partial charge in [-0.15, -0.1) is 0 Å². The monoisotopic (exact) mass is 177 g/mol. The largest absolute Gasteiger partial charge is 0.437 e. The van der Waals surface area contributed by atoms with Gasteiger partial charge in [-0.2, -0.15) is 0 Å². The second kappa shape index (κ2) is 2.95. The predicted octanol–water partition coefficient (Wildman–Crippen LogP) is 3.00. The summed E-state index contributed by atoms with van der Waals surface area (Å²) in [5.74, 6) is 0. The summed E-state index contributed by atoms with van der Waals surface area (Å²) in [6.45, 7) is 0. The molecule has 0 spiro atoms. The Morgan fingerprint density at radius 2 is 1.92 bits per heavy atom. The van der Waals surface area contributed by atoms with E-state index in [2.05, 4.69) is 4.98 Å². The van der Waals surface area contributed by atoms with Crippen LogP contribution in [0.2, 0.25) is 0 Å². The van der Waals surface area contributed by atoms with E-state index in [4.69, 9.17) is 16.6 Å². The zero-order chi connectivity index (χ0) is 8.39. The molecule has 60 valence electrons. The van der Waals surface area contributed by atoms with Crippen LogP contribution < -0.4 is 0 Å². The number of nitrogens with one attached hydrogen (secondary N) is 1. The first-order valence-corrected chi connectivity index (χ1v) is 4.00. The van der Waals surface area contributed by atoms with Crippen molar-refractivity contribution in [3.63, 3.8) is 0 Å². The van der Waals surface area contributed by atoms with Crippen molar-refractivity contribution in [3.05, 3.63) is 41.4 Å². The van der Waals surface area contributed by atoms with Crippen LogP contribution in [-0.2, 0) is 0 Å². The van der Waals surface area contributed by atoms with Crippen LogP contribution in [-0.4, -0.2) is 4.98 Å². The molecule has 1 N–H and O–H groups in total. The SMILES string of the molecule is S=c1[nH]c(-c2ccccc2)co1. The lowest BCUT2D eigenvalue weighted by Gasteiger charge is -1.92. The highest BCUT2D eigenvalue weighted by atomic mass is 32.1. The van der Waals surface area contributed by atoms with Crippen molar-refractivity contribution in [1.82, 2.24) is 4.98 Å². The molecule has 0 bridgehead atoms. The fraction of sp³-hybridized carbons (Fsp3) is 0. The van der Waals surface area contributed by atoms with Crippen molar-refractivity contribution in [2.24, 2.45) is 0 Å². The number of oxazole rings is 1. The van der Waals surface area contributed by atoms with Crippen LogP contribution in [0.4, 0.5) is 0 Å². The lowest BCUT2D eigenvalue weighted by Crippen LogP contribution is -1.74. The molecule has 2 rings (SSSR count). The number of aromatic nitrogens is 1. The van der Waals surface area contributed by atoms with Gasteiger partial charge in [0, 0.05) is 5.56 Å². The number of rotatable bonds is 1. The van der Waals surface area contributed by atoms with Crippen molar-refractivity contribution in [2.75, 3.05) is 0 Å². The van der Waals surface area contributed by atoms with E-state index in [1.165, 1.54) is 0 Å². The molecule has 0 saturated heterocycles. The lowest BCUT2D eigenvalue weighted by atomic mass is 10.2. The molecule has 0 unspecified atom stereocenters. The maximum absolute atomic E-state index is 4.98. The zero-order valence-electron chi connectivity index (χ0n) is 6.28. The molecule has 0 fully saturated rings. The molecular weight excluding hydrogens is 170 g/mol. The molecule has 1 aromatic heterocycles. The van der Waals surface area contributed by atoms with E-state index in [-0.39, 0.29) is 0 Å². The number of hydrogen-bond donors (Lipinski definition) is 1. The first-order valence-electron chi connectivity index (χ1n) is 3.59. The minimum Gasteiger partial charge on any atom is -0.437 e. The van der Waals surface area contributed by atoms with Gasteiger partial charge in [0.25, 0.3) is 4.84 Å². The number of H-pyrrole nitrogens is 1. The summed E-state index contributed by atoms with van der Waals surface area (Å²) in [5.41, 5.74) is 2.00. The van der Waals surface area contributed by atoms with E-state index >= 15 is 0 Å². The van der Waals surface area contributed by atoms with Crippen molar-refractivity contribution < 1.29 is 4.42 Å². The summed E-state index contributed by atoms with van der Waals surface area (Å²) < 4.78 is 4.98. The van der Waals surface area contributed by atoms with Crippen LogP contribution in [0.3, 0.4) is 0 Å². The second-order valence-electron chi connectivity index (χ2n) is 2.43. The fourth-order valence-electron chi connectivity index (χ4n) is 1.04. The fourth-order valence-corrected chi connectivity index (χ4v) is 1.20. The van der Waals surface area contributed by atoms with Gasteiger partial charge < -0.3 is 9.40 Å². The average molecular weight is 177 g/mol. The van der Waals surface area contributed by atoms with Crippen molar-refractivity contribution in [1.29, 1.82) is 0 Å². The van der Waals surface area contributed by atoms with E-state index in [0.717, 1.165) is 11.3 Å². The summed E-state index contributed by atoms with van der Waals surface area (Å²) in [6, 6.07) is 9.91. The zero-order valence-corrected chi connectivity index (χ0v) is 7.10. The Bertz CT molecular complexity index is 415.